The largest absolute Gasteiger partial charge is 0.232 e. The fourth-order valence-electron chi connectivity index (χ4n) is 2.48. The quantitative estimate of drug-likeness (QED) is 0.697. The van der Waals surface area contributed by atoms with Gasteiger partial charge < -0.3 is 0 Å². The first-order chi connectivity index (χ1) is 11.2. The van der Waals surface area contributed by atoms with Crippen molar-refractivity contribution in [2.75, 3.05) is 0 Å². The molecule has 0 fully saturated rings. The van der Waals surface area contributed by atoms with Gasteiger partial charge in [0, 0.05) is 12.3 Å². The van der Waals surface area contributed by atoms with Crippen molar-refractivity contribution in [3.05, 3.63) is 47.8 Å². The molecule has 120 valence electrons. The minimum Gasteiger partial charge on any atom is -0.232 e. The number of hydrogen-bond acceptors (Lipinski definition) is 5. The SMILES string of the molecule is CCc1ccccc1-n1nc(C(C)C)nc1CCn1cnnn1. The zero-order valence-electron chi connectivity index (χ0n) is 13.7. The summed E-state index contributed by atoms with van der Waals surface area (Å²) in [5.74, 6) is 2.09. The van der Waals surface area contributed by atoms with Crippen molar-refractivity contribution in [2.24, 2.45) is 0 Å². The van der Waals surface area contributed by atoms with Crippen LogP contribution in [0.4, 0.5) is 0 Å². The highest BCUT2D eigenvalue weighted by Crippen LogP contribution is 2.19. The highest BCUT2D eigenvalue weighted by molar-refractivity contribution is 5.41. The summed E-state index contributed by atoms with van der Waals surface area (Å²) in [4.78, 5) is 4.73. The molecule has 0 aliphatic carbocycles. The molecule has 0 amide bonds. The van der Waals surface area contributed by atoms with Crippen LogP contribution < -0.4 is 0 Å². The smallest absolute Gasteiger partial charge is 0.153 e. The van der Waals surface area contributed by atoms with Gasteiger partial charge in [0.2, 0.25) is 0 Å². The number of para-hydroxylation sites is 1. The Morgan fingerprint density at radius 3 is 2.70 bits per heavy atom. The van der Waals surface area contributed by atoms with Gasteiger partial charge in [-0.15, -0.1) is 5.10 Å². The minimum atomic E-state index is 0.289. The van der Waals surface area contributed by atoms with Crippen LogP contribution in [0.5, 0.6) is 0 Å². The lowest BCUT2D eigenvalue weighted by Crippen LogP contribution is -2.10. The number of aromatic nitrogens is 7. The Bertz CT molecular complexity index is 759. The van der Waals surface area contributed by atoms with Gasteiger partial charge in [-0.25, -0.2) is 14.3 Å². The number of nitrogens with zero attached hydrogens (tertiary/aromatic N) is 7. The molecule has 0 atom stereocenters. The molecule has 0 aliphatic rings. The molecule has 0 aliphatic heterocycles. The van der Waals surface area contributed by atoms with Gasteiger partial charge in [0.1, 0.15) is 12.2 Å². The fraction of sp³-hybridized carbons (Fsp3) is 0.438. The topological polar surface area (TPSA) is 74.3 Å². The molecule has 2 aromatic heterocycles. The predicted molar refractivity (Wildman–Crippen MR) is 86.3 cm³/mol. The fourth-order valence-corrected chi connectivity index (χ4v) is 2.48. The number of benzene rings is 1. The maximum Gasteiger partial charge on any atom is 0.153 e. The van der Waals surface area contributed by atoms with Crippen molar-refractivity contribution in [2.45, 2.75) is 46.1 Å². The Hall–Kier alpha value is -2.57. The van der Waals surface area contributed by atoms with E-state index in [1.807, 2.05) is 10.7 Å². The highest BCUT2D eigenvalue weighted by atomic mass is 15.5. The summed E-state index contributed by atoms with van der Waals surface area (Å²) in [6.45, 7) is 7.05. The van der Waals surface area contributed by atoms with Crippen LogP contribution >= 0.6 is 0 Å². The van der Waals surface area contributed by atoms with Gasteiger partial charge in [-0.05, 0) is 28.5 Å². The molecule has 0 saturated heterocycles. The van der Waals surface area contributed by atoms with E-state index in [2.05, 4.69) is 54.5 Å². The molecule has 0 radical (unpaired) electrons. The first kappa shape index (κ1) is 15.3. The molecule has 0 saturated carbocycles. The Kier molecular flexibility index (Phi) is 4.45. The average molecular weight is 311 g/mol. The van der Waals surface area contributed by atoms with Crippen LogP contribution in [0.25, 0.3) is 5.69 Å². The molecule has 0 unspecified atom stereocenters. The molecule has 7 heteroatoms. The highest BCUT2D eigenvalue weighted by Gasteiger charge is 2.15. The summed E-state index contributed by atoms with van der Waals surface area (Å²) in [5.41, 5.74) is 2.36. The maximum absolute atomic E-state index is 4.73. The standard InChI is InChI=1S/C16H21N7/c1-4-13-7-5-6-8-14(13)23-15(18-16(19-23)12(2)3)9-10-22-11-17-20-21-22/h5-8,11-12H,4,9-10H2,1-3H3. The summed E-state index contributed by atoms with van der Waals surface area (Å²) in [5, 5.41) is 16.0. The number of tetrazole rings is 1. The van der Waals surface area contributed by atoms with Crippen molar-refractivity contribution in [3.63, 3.8) is 0 Å². The second-order valence-electron chi connectivity index (χ2n) is 5.76. The molecular weight excluding hydrogens is 290 g/mol. The van der Waals surface area contributed by atoms with Crippen LogP contribution in [0.1, 0.15) is 43.9 Å². The first-order valence-electron chi connectivity index (χ1n) is 7.94. The molecule has 0 N–H and O–H groups in total. The molecule has 7 nitrogen and oxygen atoms in total. The van der Waals surface area contributed by atoms with E-state index in [1.54, 1.807) is 11.0 Å². The summed E-state index contributed by atoms with van der Waals surface area (Å²) >= 11 is 0. The summed E-state index contributed by atoms with van der Waals surface area (Å²) in [7, 11) is 0. The van der Waals surface area contributed by atoms with E-state index in [9.17, 15) is 0 Å². The van der Waals surface area contributed by atoms with Crippen LogP contribution in [0.2, 0.25) is 0 Å². The molecule has 0 spiro atoms. The lowest BCUT2D eigenvalue weighted by molar-refractivity contribution is 0.570. The summed E-state index contributed by atoms with van der Waals surface area (Å²) < 4.78 is 3.68. The van der Waals surface area contributed by atoms with Gasteiger partial charge in [-0.2, -0.15) is 5.10 Å². The number of hydrogen-bond donors (Lipinski definition) is 0. The third-order valence-electron chi connectivity index (χ3n) is 3.76. The monoisotopic (exact) mass is 311 g/mol. The Morgan fingerprint density at radius 1 is 1.17 bits per heavy atom. The first-order valence-corrected chi connectivity index (χ1v) is 7.94. The van der Waals surface area contributed by atoms with Crippen LogP contribution in [-0.2, 0) is 19.4 Å². The predicted octanol–water partition coefficient (Wildman–Crippen LogP) is 2.18. The van der Waals surface area contributed by atoms with Gasteiger partial charge in [0.15, 0.2) is 5.82 Å². The maximum atomic E-state index is 4.73. The van der Waals surface area contributed by atoms with Crippen LogP contribution in [0.15, 0.2) is 30.6 Å². The van der Waals surface area contributed by atoms with E-state index >= 15 is 0 Å². The van der Waals surface area contributed by atoms with E-state index < -0.39 is 0 Å². The van der Waals surface area contributed by atoms with E-state index in [-0.39, 0.29) is 5.92 Å². The molecule has 2 heterocycles. The van der Waals surface area contributed by atoms with Crippen molar-refractivity contribution < 1.29 is 0 Å². The molecule has 3 rings (SSSR count). The van der Waals surface area contributed by atoms with E-state index in [1.165, 1.54) is 5.56 Å². The average Bonchev–Trinajstić information content (AvgIpc) is 3.22. The molecule has 23 heavy (non-hydrogen) atoms. The third kappa shape index (κ3) is 3.28. The van der Waals surface area contributed by atoms with Crippen molar-refractivity contribution >= 4 is 0 Å². The Morgan fingerprint density at radius 2 is 2.00 bits per heavy atom. The second kappa shape index (κ2) is 6.68. The molecular formula is C16H21N7. The lowest BCUT2D eigenvalue weighted by Gasteiger charge is -2.10. The zero-order valence-corrected chi connectivity index (χ0v) is 13.7. The number of aryl methyl sites for hydroxylation is 3. The normalized spacial score (nSPS) is 11.3. The second-order valence-corrected chi connectivity index (χ2v) is 5.76. The van der Waals surface area contributed by atoms with Crippen LogP contribution in [0, 0.1) is 0 Å². The number of rotatable bonds is 6. The van der Waals surface area contributed by atoms with Crippen LogP contribution in [0.3, 0.4) is 0 Å². The van der Waals surface area contributed by atoms with E-state index in [0.717, 1.165) is 30.2 Å². The van der Waals surface area contributed by atoms with Crippen LogP contribution in [-0.4, -0.2) is 35.0 Å². The molecule has 1 aromatic carbocycles. The van der Waals surface area contributed by atoms with Gasteiger partial charge in [-0.3, -0.25) is 0 Å². The summed E-state index contributed by atoms with van der Waals surface area (Å²) in [6.07, 6.45) is 3.30. The molecule has 3 aromatic rings. The van der Waals surface area contributed by atoms with Gasteiger partial charge in [-0.1, -0.05) is 39.0 Å². The lowest BCUT2D eigenvalue weighted by atomic mass is 10.1. The van der Waals surface area contributed by atoms with Crippen molar-refractivity contribution in [3.8, 4) is 5.69 Å². The van der Waals surface area contributed by atoms with Gasteiger partial charge >= 0.3 is 0 Å². The summed E-state index contributed by atoms with van der Waals surface area (Å²) in [6, 6.07) is 8.33. The van der Waals surface area contributed by atoms with Gasteiger partial charge in [0.25, 0.3) is 0 Å². The zero-order chi connectivity index (χ0) is 16.2. The van der Waals surface area contributed by atoms with E-state index in [4.69, 9.17) is 10.1 Å². The molecule has 0 bridgehead atoms. The third-order valence-corrected chi connectivity index (χ3v) is 3.76. The Labute approximate surface area is 135 Å². The Balaban J connectivity index is 1.97. The van der Waals surface area contributed by atoms with Gasteiger partial charge in [0.05, 0.1) is 12.2 Å². The van der Waals surface area contributed by atoms with Crippen molar-refractivity contribution in [1.82, 2.24) is 35.0 Å². The minimum absolute atomic E-state index is 0.289. The van der Waals surface area contributed by atoms with Crippen molar-refractivity contribution in [1.29, 1.82) is 0 Å². The van der Waals surface area contributed by atoms with E-state index in [0.29, 0.717) is 6.54 Å².